The molecule has 1 heterocycles. The minimum atomic E-state index is -1.29. The maximum atomic E-state index is 13.6. The predicted molar refractivity (Wildman–Crippen MR) is 126 cm³/mol. The number of amides is 1. The number of benzene rings is 2. The van der Waals surface area contributed by atoms with Crippen LogP contribution in [0.4, 0.5) is 4.79 Å². The first-order valence-electron chi connectivity index (χ1n) is 11.3. The molecule has 184 valence electrons. The van der Waals surface area contributed by atoms with Crippen LogP contribution in [0.25, 0.3) is 0 Å². The number of esters is 2. The Labute approximate surface area is 204 Å². The Morgan fingerprint density at radius 3 is 1.97 bits per heavy atom. The molecule has 35 heavy (non-hydrogen) atoms. The molecule has 2 aromatic carbocycles. The first-order valence-corrected chi connectivity index (χ1v) is 11.3. The summed E-state index contributed by atoms with van der Waals surface area (Å²) in [7, 11) is 3.95. The Morgan fingerprint density at radius 1 is 0.914 bits per heavy atom. The maximum Gasteiger partial charge on any atom is 0.411 e. The lowest BCUT2D eigenvalue weighted by Crippen LogP contribution is -2.56. The summed E-state index contributed by atoms with van der Waals surface area (Å²) in [5, 5.41) is 0. The van der Waals surface area contributed by atoms with Gasteiger partial charge in [0.05, 0.1) is 20.3 Å². The predicted octanol–water partition coefficient (Wildman–Crippen LogP) is 3.84. The smallest absolute Gasteiger partial charge is 0.411 e. The molecule has 0 spiro atoms. The lowest BCUT2D eigenvalue weighted by Gasteiger charge is -2.42. The van der Waals surface area contributed by atoms with Crippen molar-refractivity contribution in [3.05, 3.63) is 83.9 Å². The van der Waals surface area contributed by atoms with Crippen LogP contribution >= 0.6 is 0 Å². The highest BCUT2D eigenvalue weighted by atomic mass is 16.6. The molecule has 4 rings (SSSR count). The van der Waals surface area contributed by atoms with Crippen molar-refractivity contribution in [2.45, 2.75) is 30.7 Å². The summed E-state index contributed by atoms with van der Waals surface area (Å²) < 4.78 is 21.7. The van der Waals surface area contributed by atoms with Crippen molar-refractivity contribution in [1.29, 1.82) is 0 Å². The number of ether oxygens (including phenoxy) is 4. The van der Waals surface area contributed by atoms with Crippen molar-refractivity contribution in [1.82, 2.24) is 4.90 Å². The van der Waals surface area contributed by atoms with Gasteiger partial charge in [0.25, 0.3) is 0 Å². The highest BCUT2D eigenvalue weighted by molar-refractivity contribution is 5.95. The second kappa shape index (κ2) is 9.92. The summed E-state index contributed by atoms with van der Waals surface area (Å²) in [5.41, 5.74) is 0.670. The minimum Gasteiger partial charge on any atom is -0.468 e. The van der Waals surface area contributed by atoms with E-state index in [0.717, 1.165) is 11.1 Å². The normalized spacial score (nSPS) is 27.7. The molecule has 0 aromatic heterocycles. The van der Waals surface area contributed by atoms with Gasteiger partial charge < -0.3 is 18.9 Å². The van der Waals surface area contributed by atoms with Crippen molar-refractivity contribution in [3.8, 4) is 0 Å². The average Bonchev–Trinajstić information content (AvgIpc) is 3.41. The molecule has 0 saturated carbocycles. The number of rotatable bonds is 7. The van der Waals surface area contributed by atoms with Crippen LogP contribution in [0.5, 0.6) is 0 Å². The van der Waals surface area contributed by atoms with Gasteiger partial charge >= 0.3 is 18.0 Å². The molecule has 0 radical (unpaired) electrons. The summed E-state index contributed by atoms with van der Waals surface area (Å²) in [5.74, 6) is -3.56. The average molecular weight is 480 g/mol. The van der Waals surface area contributed by atoms with Gasteiger partial charge in [-0.3, -0.25) is 14.5 Å². The molecule has 0 unspecified atom stereocenters. The molecule has 1 saturated heterocycles. The van der Waals surface area contributed by atoms with Crippen molar-refractivity contribution in [2.75, 3.05) is 21.3 Å². The van der Waals surface area contributed by atoms with Gasteiger partial charge in [-0.25, -0.2) is 4.79 Å². The van der Waals surface area contributed by atoms with E-state index in [1.165, 1.54) is 21.3 Å². The Balaban J connectivity index is 1.86. The van der Waals surface area contributed by atoms with E-state index in [2.05, 4.69) is 0 Å². The Kier molecular flexibility index (Phi) is 6.93. The molecule has 1 aliphatic carbocycles. The first-order chi connectivity index (χ1) is 16.9. The van der Waals surface area contributed by atoms with Crippen LogP contribution < -0.4 is 0 Å². The SMILES string of the molecule is COC(=O)C(C(=O)OC)[C@H]1C=C[C@@](C)(OC)[C@@H]1N1C(=O)O[C@@H](c2ccccc2)[C@H]1c1ccccc1. The van der Waals surface area contributed by atoms with Gasteiger partial charge in [-0.05, 0) is 18.1 Å². The third-order valence-corrected chi connectivity index (χ3v) is 6.93. The summed E-state index contributed by atoms with van der Waals surface area (Å²) in [6.07, 6.45) is 2.32. The molecule has 2 aliphatic rings. The number of carbonyl (C=O) groups is 3. The fraction of sp³-hybridized carbons (Fsp3) is 0.370. The van der Waals surface area contributed by atoms with E-state index >= 15 is 0 Å². The Hall–Kier alpha value is -3.65. The van der Waals surface area contributed by atoms with E-state index in [4.69, 9.17) is 18.9 Å². The van der Waals surface area contributed by atoms with Crippen molar-refractivity contribution in [3.63, 3.8) is 0 Å². The third-order valence-electron chi connectivity index (χ3n) is 6.93. The second-order valence-corrected chi connectivity index (χ2v) is 8.77. The van der Waals surface area contributed by atoms with E-state index in [-0.39, 0.29) is 0 Å². The van der Waals surface area contributed by atoms with E-state index in [0.29, 0.717) is 0 Å². The van der Waals surface area contributed by atoms with Gasteiger partial charge in [0.15, 0.2) is 12.0 Å². The number of carbonyl (C=O) groups excluding carboxylic acids is 3. The summed E-state index contributed by atoms with van der Waals surface area (Å²) in [4.78, 5) is 40.7. The summed E-state index contributed by atoms with van der Waals surface area (Å²) in [6, 6.07) is 17.7. The molecule has 1 fully saturated rings. The van der Waals surface area contributed by atoms with Gasteiger partial charge in [0.2, 0.25) is 0 Å². The van der Waals surface area contributed by atoms with E-state index in [9.17, 15) is 14.4 Å². The highest BCUT2D eigenvalue weighted by Crippen LogP contribution is 2.50. The summed E-state index contributed by atoms with van der Waals surface area (Å²) in [6.45, 7) is 1.81. The third kappa shape index (κ3) is 4.30. The highest BCUT2D eigenvalue weighted by Gasteiger charge is 2.58. The molecule has 5 atom stereocenters. The molecular weight excluding hydrogens is 450 g/mol. The Bertz CT molecular complexity index is 1090. The fourth-order valence-electron chi connectivity index (χ4n) is 5.15. The van der Waals surface area contributed by atoms with Gasteiger partial charge in [-0.15, -0.1) is 0 Å². The first kappa shape index (κ1) is 24.5. The largest absolute Gasteiger partial charge is 0.468 e. The van der Waals surface area contributed by atoms with Crippen molar-refractivity contribution < 1.29 is 33.3 Å². The minimum absolute atomic E-state index is 0.538. The Morgan fingerprint density at radius 2 is 1.46 bits per heavy atom. The van der Waals surface area contributed by atoms with Crippen LogP contribution in [-0.2, 0) is 28.5 Å². The van der Waals surface area contributed by atoms with Crippen molar-refractivity contribution >= 4 is 18.0 Å². The number of hydrogen-bond acceptors (Lipinski definition) is 7. The van der Waals surface area contributed by atoms with Gasteiger partial charge in [0, 0.05) is 13.0 Å². The molecular formula is C27H29NO7. The van der Waals surface area contributed by atoms with Crippen LogP contribution in [0.1, 0.15) is 30.2 Å². The zero-order chi connectivity index (χ0) is 25.2. The lowest BCUT2D eigenvalue weighted by atomic mass is 9.81. The van der Waals surface area contributed by atoms with Crippen LogP contribution in [0.3, 0.4) is 0 Å². The zero-order valence-corrected chi connectivity index (χ0v) is 20.1. The standard InChI is InChI=1S/C27H29NO7/c1-27(34-4)16-15-19(20(24(29)32-2)25(30)33-3)23(27)28-21(17-11-7-5-8-12-17)22(35-26(28)31)18-13-9-6-10-14-18/h5-16,19-23H,1-4H3/t19-,21-,22+,23-,27-/m1/s1. The molecule has 0 bridgehead atoms. The number of methoxy groups -OCH3 is 3. The quantitative estimate of drug-likeness (QED) is 0.258. The van der Waals surface area contributed by atoms with E-state index in [1.807, 2.05) is 67.6 Å². The van der Waals surface area contributed by atoms with Crippen LogP contribution in [0, 0.1) is 11.8 Å². The molecule has 1 amide bonds. The molecule has 8 heteroatoms. The van der Waals surface area contributed by atoms with Crippen molar-refractivity contribution in [2.24, 2.45) is 11.8 Å². The van der Waals surface area contributed by atoms with E-state index in [1.54, 1.807) is 17.1 Å². The lowest BCUT2D eigenvalue weighted by molar-refractivity contribution is -0.163. The van der Waals surface area contributed by atoms with Crippen LogP contribution in [0.15, 0.2) is 72.8 Å². The summed E-state index contributed by atoms with van der Waals surface area (Å²) >= 11 is 0. The van der Waals surface area contributed by atoms with Gasteiger partial charge in [-0.2, -0.15) is 0 Å². The van der Waals surface area contributed by atoms with Crippen LogP contribution in [0.2, 0.25) is 0 Å². The fourth-order valence-corrected chi connectivity index (χ4v) is 5.15. The van der Waals surface area contributed by atoms with Gasteiger partial charge in [-0.1, -0.05) is 72.8 Å². The number of cyclic esters (lactones) is 1. The molecule has 1 aliphatic heterocycles. The van der Waals surface area contributed by atoms with Gasteiger partial charge in [0.1, 0.15) is 11.6 Å². The number of nitrogens with zero attached hydrogens (tertiary/aromatic N) is 1. The zero-order valence-electron chi connectivity index (χ0n) is 20.1. The molecule has 8 nitrogen and oxygen atoms in total. The monoisotopic (exact) mass is 479 g/mol. The molecule has 0 N–H and O–H groups in total. The molecule has 2 aromatic rings. The maximum absolute atomic E-state index is 13.6. The van der Waals surface area contributed by atoms with E-state index < -0.39 is 53.7 Å². The van der Waals surface area contributed by atoms with Crippen LogP contribution in [-0.4, -0.2) is 55.9 Å². The topological polar surface area (TPSA) is 91.4 Å². The second-order valence-electron chi connectivity index (χ2n) is 8.77. The number of hydrogen-bond donors (Lipinski definition) is 0.